The first-order chi connectivity index (χ1) is 34.7. The first kappa shape index (κ1) is 60.5. The van der Waals surface area contributed by atoms with E-state index in [1.165, 1.54) is 0 Å². The number of carbonyl (C=O) groups is 1. The van der Waals surface area contributed by atoms with E-state index >= 15 is 0 Å². The van der Waals surface area contributed by atoms with Crippen LogP contribution in [0.5, 0.6) is 0 Å². The van der Waals surface area contributed by atoms with E-state index < -0.39 is 230 Å². The number of aliphatic hydroxyl groups excluding tert-OH is 18. The molecule has 30 atom stereocenters. The van der Waals surface area contributed by atoms with E-state index in [1.54, 1.807) is 0 Å². The van der Waals surface area contributed by atoms with Crippen LogP contribution in [0.25, 0.3) is 0 Å². The lowest BCUT2D eigenvalue weighted by molar-refractivity contribution is -0.404. The van der Waals surface area contributed by atoms with Crippen LogP contribution in [0.2, 0.25) is 0 Å². The van der Waals surface area contributed by atoms with Crippen molar-refractivity contribution in [1.82, 2.24) is 0 Å². The molecule has 22 aliphatic heterocycles. The first-order valence-corrected chi connectivity index (χ1v) is 23.6. The molecular formula is C41H70O32. The van der Waals surface area contributed by atoms with Crippen molar-refractivity contribution in [1.29, 1.82) is 0 Å². The molecule has 0 aromatic rings. The molecule has 0 spiro atoms. The van der Waals surface area contributed by atoms with E-state index in [1.807, 2.05) is 6.92 Å². The number of hydrogen-bond donors (Lipinski definition) is 19. The standard InChI is InChI=1S/C36H60O30.C5H10O2/c37-1-7-25-13(43)19(49)31(55-7)62-26-8(2-38)57-33(21(51)15(26)45)64-28-10(4-40)59-35(23(53)17(28)47)66-30-12(6-42)60-36(24(54)18(30)48)65-29-11(5-41)58-34(22(52)16(29)46)63-27-9(3-39)56-32(61-25)20(50)14(27)44;1-2-3-4-5(6)7/h7-54H,1-6H2;2-4H2,1H3,(H,6,7)/t7-,8-,9-,10-,11-,12-,13-,14-,15-,16-,17-,18-,19-,20-,21-,22-,23-,24-,25-,26-,27-,28-,29-,30-,31-,32-,33-,34-,35-,36-;/m1./s1. The fourth-order valence-corrected chi connectivity index (χ4v) is 9.26. The predicted octanol–water partition coefficient (Wildman–Crippen LogP) is -11.8. The van der Waals surface area contributed by atoms with Crippen molar-refractivity contribution in [2.45, 2.75) is 210 Å². The number of unbranched alkanes of at least 4 members (excludes halogenated alkanes) is 1. The Morgan fingerprint density at radius 1 is 0.301 bits per heavy atom. The molecule has 0 aliphatic carbocycles. The quantitative estimate of drug-likeness (QED) is 0.102. The molecular weight excluding hydrogens is 1000 g/mol. The summed E-state index contributed by atoms with van der Waals surface area (Å²) in [7, 11) is 0. The van der Waals surface area contributed by atoms with Crippen molar-refractivity contribution in [3.05, 3.63) is 0 Å². The van der Waals surface area contributed by atoms with Gasteiger partial charge < -0.3 is 154 Å². The number of carboxylic acids is 1. The van der Waals surface area contributed by atoms with Crippen LogP contribution in [-0.2, 0) is 61.6 Å². The van der Waals surface area contributed by atoms with Gasteiger partial charge in [-0.25, -0.2) is 0 Å². The van der Waals surface area contributed by atoms with Crippen LogP contribution in [-0.4, -0.2) is 327 Å². The lowest BCUT2D eigenvalue weighted by atomic mass is 9.94. The van der Waals surface area contributed by atoms with Crippen LogP contribution in [0, 0.1) is 0 Å². The second-order valence-corrected chi connectivity index (χ2v) is 18.3. The average Bonchev–Trinajstić information content (AvgIpc) is 3.38. The van der Waals surface area contributed by atoms with Gasteiger partial charge in [0.15, 0.2) is 37.7 Å². The fraction of sp³-hybridized carbons (Fsp3) is 0.976. The Morgan fingerprint density at radius 2 is 0.466 bits per heavy atom. The van der Waals surface area contributed by atoms with E-state index in [-0.39, 0.29) is 0 Å². The van der Waals surface area contributed by atoms with Crippen LogP contribution in [0.4, 0.5) is 0 Å². The molecule has 0 aromatic heterocycles. The highest BCUT2D eigenvalue weighted by Gasteiger charge is 2.58. The van der Waals surface area contributed by atoms with Crippen LogP contribution >= 0.6 is 0 Å². The Labute approximate surface area is 414 Å². The zero-order valence-electron chi connectivity index (χ0n) is 39.0. The summed E-state index contributed by atoms with van der Waals surface area (Å²) in [4.78, 5) is 9.76. The van der Waals surface area contributed by atoms with Crippen molar-refractivity contribution in [3.63, 3.8) is 0 Å². The highest BCUT2D eigenvalue weighted by Crippen LogP contribution is 2.38. The van der Waals surface area contributed by atoms with Crippen molar-refractivity contribution in [3.8, 4) is 0 Å². The molecule has 0 radical (unpaired) electrons. The van der Waals surface area contributed by atoms with E-state index in [4.69, 9.17) is 61.9 Å². The van der Waals surface area contributed by atoms with Gasteiger partial charge in [-0.3, -0.25) is 4.79 Å². The average molecular weight is 1070 g/mol. The number of hydrogen-bond acceptors (Lipinski definition) is 31. The van der Waals surface area contributed by atoms with Gasteiger partial charge in [0.05, 0.1) is 39.6 Å². The Morgan fingerprint density at radius 3 is 0.575 bits per heavy atom. The molecule has 0 saturated carbocycles. The number of rotatable bonds is 9. The monoisotopic (exact) mass is 1070 g/mol. The summed E-state index contributed by atoms with van der Waals surface area (Å²) in [5, 5.41) is 204. The predicted molar refractivity (Wildman–Crippen MR) is 223 cm³/mol. The first-order valence-electron chi connectivity index (χ1n) is 23.6. The Balaban J connectivity index is 0.00000116. The summed E-state index contributed by atoms with van der Waals surface area (Å²) in [5.41, 5.74) is 0. The number of ether oxygens (including phenoxy) is 12. The summed E-state index contributed by atoms with van der Waals surface area (Å²) in [5.74, 6) is -0.693. The highest BCUT2D eigenvalue weighted by atomic mass is 16.8. The molecule has 426 valence electrons. The second-order valence-electron chi connectivity index (χ2n) is 18.3. The van der Waals surface area contributed by atoms with Gasteiger partial charge in [0.25, 0.3) is 0 Å². The molecule has 12 bridgehead atoms. The van der Waals surface area contributed by atoms with Crippen LogP contribution in [0.3, 0.4) is 0 Å². The van der Waals surface area contributed by atoms with Crippen molar-refractivity contribution in [2.24, 2.45) is 0 Å². The van der Waals surface area contributed by atoms with E-state index in [0.717, 1.165) is 12.8 Å². The lowest BCUT2D eigenvalue weighted by Crippen LogP contribution is -2.69. The Kier molecular flexibility index (Phi) is 22.2. The van der Waals surface area contributed by atoms with Gasteiger partial charge in [0.2, 0.25) is 0 Å². The normalized spacial score (nSPS) is 50.9. The van der Waals surface area contributed by atoms with Gasteiger partial charge >= 0.3 is 5.97 Å². The van der Waals surface area contributed by atoms with Gasteiger partial charge in [-0.15, -0.1) is 0 Å². The summed E-state index contributed by atoms with van der Waals surface area (Å²) in [6.45, 7) is -4.02. The summed E-state index contributed by atoms with van der Waals surface area (Å²) >= 11 is 0. The minimum absolute atomic E-state index is 0.316. The molecule has 0 aromatic carbocycles. The molecule has 22 aliphatic rings. The summed E-state index contributed by atoms with van der Waals surface area (Å²) < 4.78 is 67.9. The van der Waals surface area contributed by atoms with Crippen LogP contribution in [0.15, 0.2) is 0 Å². The topological polar surface area (TPSA) is 512 Å². The Hall–Kier alpha value is -1.73. The number of aliphatic hydroxyl groups is 18. The van der Waals surface area contributed by atoms with E-state index in [2.05, 4.69) is 0 Å². The summed E-state index contributed by atoms with van der Waals surface area (Å²) in [6.07, 6.45) is -56.4. The molecule has 32 nitrogen and oxygen atoms in total. The molecule has 19 N–H and O–H groups in total. The van der Waals surface area contributed by atoms with Gasteiger partial charge in [0, 0.05) is 6.42 Å². The minimum Gasteiger partial charge on any atom is -0.481 e. The van der Waals surface area contributed by atoms with Crippen molar-refractivity contribution >= 4 is 5.97 Å². The molecule has 73 heavy (non-hydrogen) atoms. The molecule has 0 amide bonds. The lowest BCUT2D eigenvalue weighted by Gasteiger charge is -2.50. The van der Waals surface area contributed by atoms with Gasteiger partial charge in [-0.1, -0.05) is 13.3 Å². The molecule has 32 heteroatoms. The third-order valence-electron chi connectivity index (χ3n) is 13.4. The van der Waals surface area contributed by atoms with Gasteiger partial charge in [-0.2, -0.15) is 0 Å². The minimum atomic E-state index is -2.15. The van der Waals surface area contributed by atoms with Crippen LogP contribution < -0.4 is 0 Å². The number of carboxylic acid groups (broad SMARTS) is 1. The molecule has 0 unspecified atom stereocenters. The zero-order chi connectivity index (χ0) is 53.7. The zero-order valence-corrected chi connectivity index (χ0v) is 39.0. The van der Waals surface area contributed by atoms with Gasteiger partial charge in [0.1, 0.15) is 146 Å². The highest BCUT2D eigenvalue weighted by molar-refractivity contribution is 5.66. The van der Waals surface area contributed by atoms with Gasteiger partial charge in [-0.05, 0) is 6.42 Å². The SMILES string of the molecule is CCCCC(=O)O.OC[C@H]1O[C@@H]2O[C@H]3[C@H](O)[C@@H](O)[C@@H](O[C@H]4[C@H](O)[C@@H](O)[C@@H](O[C@H]5[C@H](O)[C@@H](O)[C@@H](O[C@H]6[C@H](O)[C@@H](O)[C@@H](O[C@H]7[C@H](O)[C@@H](O)[C@@H](O[C@H]1[C@H](O)[C@H]2O)O[C@@H]7CO)O[C@@H]6CO)O[C@@H]5CO)O[C@@H]4CO)O[C@@H]3CO. The largest absolute Gasteiger partial charge is 0.481 e. The van der Waals surface area contributed by atoms with E-state index in [0.29, 0.717) is 6.42 Å². The van der Waals surface area contributed by atoms with Crippen molar-refractivity contribution in [2.75, 3.05) is 39.6 Å². The second kappa shape index (κ2) is 26.8. The molecule has 22 fully saturated rings. The maximum atomic E-state index is 11.2. The summed E-state index contributed by atoms with van der Waals surface area (Å²) in [6, 6.07) is 0. The van der Waals surface area contributed by atoms with Crippen LogP contribution in [0.1, 0.15) is 26.2 Å². The molecule has 22 rings (SSSR count). The Bertz CT molecular complexity index is 1380. The maximum absolute atomic E-state index is 11.2. The third kappa shape index (κ3) is 13.1. The molecule has 22 saturated heterocycles. The third-order valence-corrected chi connectivity index (χ3v) is 13.4. The van der Waals surface area contributed by atoms with Crippen molar-refractivity contribution < 1.29 is 159 Å². The number of aliphatic carboxylic acids is 1. The maximum Gasteiger partial charge on any atom is 0.303 e. The smallest absolute Gasteiger partial charge is 0.303 e. The fourth-order valence-electron chi connectivity index (χ4n) is 9.26. The van der Waals surface area contributed by atoms with E-state index in [9.17, 15) is 96.7 Å². The molecule has 22 heterocycles.